The van der Waals surface area contributed by atoms with Crippen LogP contribution < -0.4 is 5.73 Å². The second-order valence-corrected chi connectivity index (χ2v) is 3.92. The summed E-state index contributed by atoms with van der Waals surface area (Å²) in [5.74, 6) is 0. The first-order valence-corrected chi connectivity index (χ1v) is 4.96. The van der Waals surface area contributed by atoms with Crippen LogP contribution in [0.4, 0.5) is 5.00 Å². The molecular formula is C8H12N2O2S. The van der Waals surface area contributed by atoms with Crippen molar-refractivity contribution in [2.75, 3.05) is 0 Å². The van der Waals surface area contributed by atoms with E-state index < -0.39 is 0 Å². The van der Waals surface area contributed by atoms with E-state index in [0.29, 0.717) is 0 Å². The summed E-state index contributed by atoms with van der Waals surface area (Å²) in [4.78, 5) is 10.9. The number of rotatable bonds is 4. The zero-order chi connectivity index (χ0) is 9.84. The molecule has 0 aliphatic heterocycles. The SMILES string of the molecule is CCC[C@@H](N)c1ccc([N+](=O)[O-])s1. The first-order valence-electron chi connectivity index (χ1n) is 4.15. The lowest BCUT2D eigenvalue weighted by Gasteiger charge is -2.05. The molecule has 0 saturated heterocycles. The van der Waals surface area contributed by atoms with Crippen molar-refractivity contribution in [2.45, 2.75) is 25.8 Å². The van der Waals surface area contributed by atoms with Gasteiger partial charge in [-0.1, -0.05) is 24.7 Å². The monoisotopic (exact) mass is 200 g/mol. The Morgan fingerprint density at radius 2 is 2.38 bits per heavy atom. The Morgan fingerprint density at radius 3 is 2.85 bits per heavy atom. The molecule has 1 heterocycles. The van der Waals surface area contributed by atoms with Crippen molar-refractivity contribution in [2.24, 2.45) is 5.73 Å². The standard InChI is InChI=1S/C8H12N2O2S/c1-2-3-6(9)7-4-5-8(13-7)10(11)12/h4-6H,2-3,9H2,1H3/t6-/m1/s1. The van der Waals surface area contributed by atoms with Crippen LogP contribution in [0, 0.1) is 10.1 Å². The minimum atomic E-state index is -0.382. The van der Waals surface area contributed by atoms with E-state index in [4.69, 9.17) is 5.73 Å². The fourth-order valence-corrected chi connectivity index (χ4v) is 1.95. The number of nitro groups is 1. The molecule has 72 valence electrons. The molecule has 0 aliphatic carbocycles. The lowest BCUT2D eigenvalue weighted by atomic mass is 10.1. The van der Waals surface area contributed by atoms with Crippen LogP contribution in [0.5, 0.6) is 0 Å². The summed E-state index contributed by atoms with van der Waals surface area (Å²) in [6.45, 7) is 2.04. The third kappa shape index (κ3) is 2.50. The highest BCUT2D eigenvalue weighted by molar-refractivity contribution is 7.15. The van der Waals surface area contributed by atoms with Crippen molar-refractivity contribution in [3.63, 3.8) is 0 Å². The molecule has 0 aliphatic rings. The predicted octanol–water partition coefficient (Wildman–Crippen LogP) is 2.46. The van der Waals surface area contributed by atoms with E-state index in [1.165, 1.54) is 6.07 Å². The summed E-state index contributed by atoms with van der Waals surface area (Å²) in [6, 6.07) is 3.20. The normalized spacial score (nSPS) is 12.8. The van der Waals surface area contributed by atoms with E-state index in [0.717, 1.165) is 29.1 Å². The van der Waals surface area contributed by atoms with Crippen LogP contribution in [-0.4, -0.2) is 4.92 Å². The van der Waals surface area contributed by atoms with Gasteiger partial charge in [-0.25, -0.2) is 0 Å². The highest BCUT2D eigenvalue weighted by Crippen LogP contribution is 2.29. The maximum absolute atomic E-state index is 10.4. The van der Waals surface area contributed by atoms with Crippen molar-refractivity contribution >= 4 is 16.3 Å². The van der Waals surface area contributed by atoms with Gasteiger partial charge >= 0.3 is 5.00 Å². The van der Waals surface area contributed by atoms with Gasteiger partial charge in [0.05, 0.1) is 4.92 Å². The Balaban J connectivity index is 2.73. The van der Waals surface area contributed by atoms with E-state index in [1.807, 2.05) is 6.92 Å². The van der Waals surface area contributed by atoms with Crippen molar-refractivity contribution < 1.29 is 4.92 Å². The largest absolute Gasteiger partial charge is 0.324 e. The van der Waals surface area contributed by atoms with Crippen LogP contribution in [0.1, 0.15) is 30.7 Å². The maximum atomic E-state index is 10.4. The van der Waals surface area contributed by atoms with Crippen LogP contribution in [0.2, 0.25) is 0 Å². The van der Waals surface area contributed by atoms with Crippen molar-refractivity contribution in [1.29, 1.82) is 0 Å². The van der Waals surface area contributed by atoms with Gasteiger partial charge in [-0.3, -0.25) is 10.1 Å². The smallest absolute Gasteiger partial charge is 0.323 e. The molecule has 13 heavy (non-hydrogen) atoms. The number of hydrogen-bond donors (Lipinski definition) is 1. The fraction of sp³-hybridized carbons (Fsp3) is 0.500. The zero-order valence-corrected chi connectivity index (χ0v) is 8.21. The second kappa shape index (κ2) is 4.34. The minimum Gasteiger partial charge on any atom is -0.323 e. The van der Waals surface area contributed by atoms with Crippen molar-refractivity contribution in [3.05, 3.63) is 27.1 Å². The average Bonchev–Trinajstić information content (AvgIpc) is 2.52. The first-order chi connectivity index (χ1) is 6.15. The van der Waals surface area contributed by atoms with Crippen LogP contribution in [0.25, 0.3) is 0 Å². The zero-order valence-electron chi connectivity index (χ0n) is 7.40. The molecule has 1 aromatic rings. The van der Waals surface area contributed by atoms with Gasteiger partial charge in [0.2, 0.25) is 0 Å². The van der Waals surface area contributed by atoms with E-state index in [9.17, 15) is 10.1 Å². The van der Waals surface area contributed by atoms with E-state index in [1.54, 1.807) is 6.07 Å². The summed E-state index contributed by atoms with van der Waals surface area (Å²) in [7, 11) is 0. The number of nitrogens with zero attached hydrogens (tertiary/aromatic N) is 1. The molecule has 0 fully saturated rings. The van der Waals surface area contributed by atoms with Gasteiger partial charge in [0.25, 0.3) is 0 Å². The lowest BCUT2D eigenvalue weighted by Crippen LogP contribution is -2.07. The average molecular weight is 200 g/mol. The van der Waals surface area contributed by atoms with E-state index in [-0.39, 0.29) is 16.0 Å². The van der Waals surface area contributed by atoms with Gasteiger partial charge in [0.15, 0.2) is 0 Å². The summed E-state index contributed by atoms with van der Waals surface area (Å²) in [6.07, 6.45) is 1.87. The summed E-state index contributed by atoms with van der Waals surface area (Å²) in [5.41, 5.74) is 5.81. The molecule has 2 N–H and O–H groups in total. The molecular weight excluding hydrogens is 188 g/mol. The van der Waals surface area contributed by atoms with Gasteiger partial charge in [0.1, 0.15) is 0 Å². The Bertz CT molecular complexity index is 298. The van der Waals surface area contributed by atoms with Crippen LogP contribution in [0.3, 0.4) is 0 Å². The van der Waals surface area contributed by atoms with E-state index in [2.05, 4.69) is 0 Å². The molecule has 0 aromatic carbocycles. The Labute approximate surface area is 80.5 Å². The van der Waals surface area contributed by atoms with Gasteiger partial charge in [0, 0.05) is 17.0 Å². The van der Waals surface area contributed by atoms with Crippen molar-refractivity contribution in [3.8, 4) is 0 Å². The lowest BCUT2D eigenvalue weighted by molar-refractivity contribution is -0.380. The number of thiophene rings is 1. The molecule has 0 unspecified atom stereocenters. The van der Waals surface area contributed by atoms with Crippen molar-refractivity contribution in [1.82, 2.24) is 0 Å². The highest BCUT2D eigenvalue weighted by atomic mass is 32.1. The molecule has 4 nitrogen and oxygen atoms in total. The number of nitrogens with two attached hydrogens (primary N) is 1. The third-order valence-electron chi connectivity index (χ3n) is 1.76. The summed E-state index contributed by atoms with van der Waals surface area (Å²) in [5, 5.41) is 10.5. The summed E-state index contributed by atoms with van der Waals surface area (Å²) >= 11 is 1.16. The summed E-state index contributed by atoms with van der Waals surface area (Å²) < 4.78 is 0. The Morgan fingerprint density at radius 1 is 1.69 bits per heavy atom. The molecule has 1 atom stereocenters. The quantitative estimate of drug-likeness (QED) is 0.599. The maximum Gasteiger partial charge on any atom is 0.324 e. The van der Waals surface area contributed by atoms with Crippen LogP contribution >= 0.6 is 11.3 Å². The van der Waals surface area contributed by atoms with Gasteiger partial charge in [-0.2, -0.15) is 0 Å². The fourth-order valence-electron chi connectivity index (χ4n) is 1.09. The van der Waals surface area contributed by atoms with Crippen LogP contribution in [0.15, 0.2) is 12.1 Å². The minimum absolute atomic E-state index is 0.0521. The van der Waals surface area contributed by atoms with Crippen LogP contribution in [-0.2, 0) is 0 Å². The van der Waals surface area contributed by atoms with Gasteiger partial charge in [-0.05, 0) is 12.5 Å². The molecule has 0 bridgehead atoms. The molecule has 0 amide bonds. The molecule has 5 heteroatoms. The third-order valence-corrected chi connectivity index (χ3v) is 2.93. The van der Waals surface area contributed by atoms with Gasteiger partial charge in [-0.15, -0.1) is 0 Å². The molecule has 0 spiro atoms. The Hall–Kier alpha value is -0.940. The number of hydrogen-bond acceptors (Lipinski definition) is 4. The van der Waals surface area contributed by atoms with Gasteiger partial charge < -0.3 is 5.73 Å². The molecule has 1 rings (SSSR count). The highest BCUT2D eigenvalue weighted by Gasteiger charge is 2.13. The second-order valence-electron chi connectivity index (χ2n) is 2.83. The Kier molecular flexibility index (Phi) is 3.39. The molecule has 0 saturated carbocycles. The molecule has 0 radical (unpaired) electrons. The predicted molar refractivity (Wildman–Crippen MR) is 52.8 cm³/mol. The van der Waals surface area contributed by atoms with E-state index >= 15 is 0 Å². The topological polar surface area (TPSA) is 69.2 Å². The molecule has 1 aromatic heterocycles. The first kappa shape index (κ1) is 10.1.